The van der Waals surface area contributed by atoms with Gasteiger partial charge < -0.3 is 29.9 Å². The zero-order chi connectivity index (χ0) is 21.3. The van der Waals surface area contributed by atoms with Crippen molar-refractivity contribution in [3.63, 3.8) is 0 Å². The summed E-state index contributed by atoms with van der Waals surface area (Å²) < 4.78 is 9.69. The van der Waals surface area contributed by atoms with E-state index in [4.69, 9.17) is 14.6 Å². The second-order valence-electron chi connectivity index (χ2n) is 6.14. The first kappa shape index (κ1) is 23.3. The number of carbonyl (C=O) groups is 3. The first-order valence-electron chi connectivity index (χ1n) is 8.49. The van der Waals surface area contributed by atoms with Crippen LogP contribution >= 0.6 is 0 Å². The van der Waals surface area contributed by atoms with E-state index in [0.717, 1.165) is 0 Å². The Morgan fingerprint density at radius 3 is 2.39 bits per heavy atom. The van der Waals surface area contributed by atoms with E-state index in [0.29, 0.717) is 0 Å². The minimum Gasteiger partial charge on any atom is -0.478 e. The third-order valence-corrected chi connectivity index (χ3v) is 3.69. The minimum absolute atomic E-state index is 0.0649. The molecule has 0 spiro atoms. The molecule has 0 aliphatic heterocycles. The topological polar surface area (TPSA) is 151 Å². The van der Waals surface area contributed by atoms with Crippen molar-refractivity contribution in [1.82, 2.24) is 0 Å². The predicted octanol–water partition coefficient (Wildman–Crippen LogP) is 0.308. The van der Waals surface area contributed by atoms with Gasteiger partial charge in [-0.2, -0.15) is 0 Å². The lowest BCUT2D eigenvalue weighted by molar-refractivity contribution is -0.139. The lowest BCUT2D eigenvalue weighted by Gasteiger charge is -2.15. The van der Waals surface area contributed by atoms with Crippen molar-refractivity contribution in [3.05, 3.63) is 47.0 Å². The Bertz CT molecular complexity index is 726. The van der Waals surface area contributed by atoms with Crippen LogP contribution in [0.5, 0.6) is 0 Å². The van der Waals surface area contributed by atoms with E-state index in [1.165, 1.54) is 25.1 Å². The number of aliphatic hydroxyl groups is 3. The molecule has 154 valence electrons. The monoisotopic (exact) mass is 396 g/mol. The third-order valence-electron chi connectivity index (χ3n) is 3.69. The molecule has 9 heteroatoms. The van der Waals surface area contributed by atoms with Crippen LogP contribution in [-0.2, 0) is 20.7 Å². The van der Waals surface area contributed by atoms with Crippen LogP contribution in [-0.4, -0.2) is 70.4 Å². The number of esters is 2. The molecule has 2 unspecified atom stereocenters. The maximum atomic E-state index is 12.1. The summed E-state index contributed by atoms with van der Waals surface area (Å²) in [5.74, 6) is -2.95. The Morgan fingerprint density at radius 1 is 1.14 bits per heavy atom. The molecule has 1 aromatic rings. The molecule has 28 heavy (non-hydrogen) atoms. The van der Waals surface area contributed by atoms with Crippen molar-refractivity contribution in [3.8, 4) is 0 Å². The summed E-state index contributed by atoms with van der Waals surface area (Å²) in [6, 6.07) is 4.14. The largest absolute Gasteiger partial charge is 0.478 e. The third kappa shape index (κ3) is 7.10. The summed E-state index contributed by atoms with van der Waals surface area (Å²) in [7, 11) is 0. The molecular weight excluding hydrogens is 372 g/mol. The number of rotatable bonds is 11. The van der Waals surface area contributed by atoms with Gasteiger partial charge in [0.05, 0.1) is 30.4 Å². The Kier molecular flexibility index (Phi) is 9.29. The Hall–Kier alpha value is -2.75. The highest BCUT2D eigenvalue weighted by molar-refractivity contribution is 6.03. The quantitative estimate of drug-likeness (QED) is 0.306. The number of ether oxygens (including phenoxy) is 2. The molecule has 0 amide bonds. The Balaban J connectivity index is 2.86. The summed E-state index contributed by atoms with van der Waals surface area (Å²) in [4.78, 5) is 35.1. The molecule has 0 fully saturated rings. The molecule has 0 aliphatic rings. The van der Waals surface area contributed by atoms with Crippen LogP contribution in [0.25, 0.3) is 0 Å². The number of aliphatic hydroxyl groups excluding tert-OH is 3. The lowest BCUT2D eigenvalue weighted by Crippen LogP contribution is -2.24. The van der Waals surface area contributed by atoms with Crippen molar-refractivity contribution in [2.75, 3.05) is 19.8 Å². The second-order valence-corrected chi connectivity index (χ2v) is 6.14. The highest BCUT2D eigenvalue weighted by atomic mass is 16.5. The van der Waals surface area contributed by atoms with E-state index in [1.54, 1.807) is 0 Å². The summed E-state index contributed by atoms with van der Waals surface area (Å²) in [6.45, 7) is 3.75. The predicted molar refractivity (Wildman–Crippen MR) is 96.9 cm³/mol. The van der Waals surface area contributed by atoms with Gasteiger partial charge in [-0.05, 0) is 25.0 Å². The number of carbonyl (C=O) groups excluding carboxylic acids is 2. The van der Waals surface area contributed by atoms with E-state index in [1.807, 2.05) is 0 Å². The fourth-order valence-electron chi connectivity index (χ4n) is 2.26. The van der Waals surface area contributed by atoms with Gasteiger partial charge in [-0.15, -0.1) is 0 Å². The number of hydrogen-bond donors (Lipinski definition) is 4. The molecular formula is C19H24O9. The summed E-state index contributed by atoms with van der Waals surface area (Å²) in [5.41, 5.74) is -0.149. The van der Waals surface area contributed by atoms with Crippen LogP contribution in [0.4, 0.5) is 0 Å². The standard InChI is InChI=1S/C19H24O9/c1-11(2)18(25)27-7-6-13(21)8-12-4-3-5-15(16(12)17(23)24)19(26)28-10-14(22)9-20/h3-5,13-14,20-22H,1,6-10H2,2H3,(H,23,24). The van der Waals surface area contributed by atoms with E-state index < -0.39 is 43.3 Å². The van der Waals surface area contributed by atoms with Crippen molar-refractivity contribution in [2.45, 2.75) is 32.0 Å². The minimum atomic E-state index is -1.38. The highest BCUT2D eigenvalue weighted by Crippen LogP contribution is 2.19. The zero-order valence-corrected chi connectivity index (χ0v) is 15.5. The van der Waals surface area contributed by atoms with Crippen LogP contribution in [0.3, 0.4) is 0 Å². The molecule has 0 saturated heterocycles. The highest BCUT2D eigenvalue weighted by Gasteiger charge is 2.23. The fraction of sp³-hybridized carbons (Fsp3) is 0.421. The number of carboxylic acids is 1. The van der Waals surface area contributed by atoms with Gasteiger partial charge >= 0.3 is 17.9 Å². The summed E-state index contributed by atoms with van der Waals surface area (Å²) in [6.07, 6.45) is -2.31. The number of hydrogen-bond acceptors (Lipinski definition) is 8. The van der Waals surface area contributed by atoms with Gasteiger partial charge in [0.2, 0.25) is 0 Å². The SMILES string of the molecule is C=C(C)C(=O)OCCC(O)Cc1cccc(C(=O)OCC(O)CO)c1C(=O)O. The van der Waals surface area contributed by atoms with Gasteiger partial charge in [-0.25, -0.2) is 14.4 Å². The van der Waals surface area contributed by atoms with Gasteiger partial charge in [0, 0.05) is 12.0 Å². The zero-order valence-electron chi connectivity index (χ0n) is 15.5. The number of benzene rings is 1. The van der Waals surface area contributed by atoms with Crippen LogP contribution in [0.15, 0.2) is 30.4 Å². The second kappa shape index (κ2) is 11.2. The maximum absolute atomic E-state index is 12.1. The lowest BCUT2D eigenvalue weighted by atomic mass is 9.96. The Labute approximate surface area is 161 Å². The van der Waals surface area contributed by atoms with Crippen LogP contribution in [0, 0.1) is 0 Å². The van der Waals surface area contributed by atoms with Crippen molar-refractivity contribution in [1.29, 1.82) is 0 Å². The molecule has 0 aromatic heterocycles. The molecule has 9 nitrogen and oxygen atoms in total. The maximum Gasteiger partial charge on any atom is 0.339 e. The Morgan fingerprint density at radius 2 is 1.82 bits per heavy atom. The van der Waals surface area contributed by atoms with Crippen molar-refractivity contribution in [2.24, 2.45) is 0 Å². The van der Waals surface area contributed by atoms with Crippen molar-refractivity contribution < 1.29 is 44.3 Å². The normalized spacial score (nSPS) is 12.7. The van der Waals surface area contributed by atoms with E-state index >= 15 is 0 Å². The van der Waals surface area contributed by atoms with Crippen LogP contribution < -0.4 is 0 Å². The molecule has 2 atom stereocenters. The van der Waals surface area contributed by atoms with Gasteiger partial charge in [0.15, 0.2) is 0 Å². The molecule has 0 aliphatic carbocycles. The smallest absolute Gasteiger partial charge is 0.339 e. The van der Waals surface area contributed by atoms with Gasteiger partial charge in [-0.3, -0.25) is 0 Å². The molecule has 4 N–H and O–H groups in total. The first-order valence-corrected chi connectivity index (χ1v) is 8.49. The van der Waals surface area contributed by atoms with Crippen LogP contribution in [0.2, 0.25) is 0 Å². The van der Waals surface area contributed by atoms with E-state index in [2.05, 4.69) is 6.58 Å². The van der Waals surface area contributed by atoms with E-state index in [-0.39, 0.29) is 41.7 Å². The van der Waals surface area contributed by atoms with Gasteiger partial charge in [0.1, 0.15) is 12.7 Å². The molecule has 0 heterocycles. The van der Waals surface area contributed by atoms with Gasteiger partial charge in [-0.1, -0.05) is 18.7 Å². The van der Waals surface area contributed by atoms with Crippen molar-refractivity contribution >= 4 is 17.9 Å². The average Bonchev–Trinajstić information content (AvgIpc) is 2.64. The average molecular weight is 396 g/mol. The molecule has 1 aromatic carbocycles. The summed E-state index contributed by atoms with van der Waals surface area (Å²) >= 11 is 0. The first-order chi connectivity index (χ1) is 13.2. The van der Waals surface area contributed by atoms with Gasteiger partial charge in [0.25, 0.3) is 0 Å². The molecule has 1 rings (SSSR count). The number of carboxylic acid groups (broad SMARTS) is 1. The molecule has 0 radical (unpaired) electrons. The molecule has 0 saturated carbocycles. The number of aromatic carboxylic acids is 1. The van der Waals surface area contributed by atoms with Crippen LogP contribution in [0.1, 0.15) is 39.6 Å². The van der Waals surface area contributed by atoms with E-state index in [9.17, 15) is 29.7 Å². The fourth-order valence-corrected chi connectivity index (χ4v) is 2.26. The summed E-state index contributed by atoms with van der Waals surface area (Å²) in [5, 5.41) is 37.6. The molecule has 0 bridgehead atoms.